The Kier molecular flexibility index (Phi) is 10.5. The Morgan fingerprint density at radius 2 is 1.52 bits per heavy atom. The Morgan fingerprint density at radius 1 is 0.935 bits per heavy atom. The average molecular weight is 680 g/mol. The summed E-state index contributed by atoms with van der Waals surface area (Å²) in [6, 6.07) is 4.97. The Morgan fingerprint density at radius 3 is 2.04 bits per heavy atom. The molecule has 2 aliphatic rings. The van der Waals surface area contributed by atoms with E-state index < -0.39 is 63.6 Å². The van der Waals surface area contributed by atoms with Gasteiger partial charge in [-0.15, -0.1) is 0 Å². The molecule has 2 aromatic carbocycles. The first-order valence-corrected chi connectivity index (χ1v) is 16.7. The number of likely N-dealkylation sites (tertiary alicyclic amines) is 1. The molecule has 1 saturated carbocycles. The van der Waals surface area contributed by atoms with Crippen molar-refractivity contribution in [2.45, 2.75) is 69.9 Å². The molecular weight excluding hydrogens is 643 g/mol. The van der Waals surface area contributed by atoms with Gasteiger partial charge in [-0.2, -0.15) is 26.3 Å². The number of hydrogen-bond donors (Lipinski definition) is 1. The molecule has 0 spiro atoms. The second-order valence-corrected chi connectivity index (χ2v) is 14.1. The first-order valence-electron chi connectivity index (χ1n) is 14.8. The maximum Gasteiger partial charge on any atom is 0.416 e. The molecule has 0 radical (unpaired) electrons. The molecule has 1 N–H and O–H groups in total. The average Bonchev–Trinajstić information content (AvgIpc) is 2.94. The molecule has 1 saturated heterocycles. The lowest BCUT2D eigenvalue weighted by atomic mass is 9.77. The van der Waals surface area contributed by atoms with Crippen molar-refractivity contribution >= 4 is 21.8 Å². The summed E-state index contributed by atoms with van der Waals surface area (Å²) in [6.45, 7) is 1.41. The van der Waals surface area contributed by atoms with Crippen LogP contribution >= 0.6 is 0 Å². The molecule has 15 heteroatoms. The largest absolute Gasteiger partial charge is 0.416 e. The van der Waals surface area contributed by atoms with Crippen LogP contribution < -0.4 is 4.72 Å². The van der Waals surface area contributed by atoms with Crippen LogP contribution in [0.4, 0.5) is 30.7 Å². The molecule has 1 heterocycles. The van der Waals surface area contributed by atoms with E-state index in [0.717, 1.165) is 11.2 Å². The Bertz CT molecular complexity index is 1520. The smallest absolute Gasteiger partial charge is 0.342 e. The fraction of sp³-hybridized carbons (Fsp3) is 0.548. The van der Waals surface area contributed by atoms with Gasteiger partial charge in [0.2, 0.25) is 21.8 Å². The standard InChI is InChI=1S/C31H36F7N3O4S/c1-18-12-23(32)6-9-25(18)27-17-41(28(42)20-4-7-24(8-5-20)39-46(3,44)45)11-10-26(27)29(43)40(2)16-19-13-21(30(33,34)35)15-22(14-19)31(36,37)38/h6,9,12-15,20,24,26-27,39H,4-5,7-8,10-11,16-17H2,1-3H3/t20-,24-,26-,27+/m1/s1. The van der Waals surface area contributed by atoms with Crippen LogP contribution in [0.15, 0.2) is 36.4 Å². The van der Waals surface area contributed by atoms with Crippen LogP contribution in [0.1, 0.15) is 65.8 Å². The predicted octanol–water partition coefficient (Wildman–Crippen LogP) is 5.87. The molecule has 0 bridgehead atoms. The molecule has 1 aliphatic carbocycles. The number of carbonyl (C=O) groups is 2. The number of amides is 2. The van der Waals surface area contributed by atoms with E-state index in [1.165, 1.54) is 25.2 Å². The predicted molar refractivity (Wildman–Crippen MR) is 155 cm³/mol. The van der Waals surface area contributed by atoms with E-state index >= 15 is 0 Å². The summed E-state index contributed by atoms with van der Waals surface area (Å²) in [5.41, 5.74) is -2.18. The lowest BCUT2D eigenvalue weighted by molar-refractivity contribution is -0.144. The number of nitrogens with zero attached hydrogens (tertiary/aromatic N) is 2. The quantitative estimate of drug-likeness (QED) is 0.371. The summed E-state index contributed by atoms with van der Waals surface area (Å²) < 4.78 is 120. The minimum Gasteiger partial charge on any atom is -0.342 e. The number of carbonyl (C=O) groups excluding carboxylic acids is 2. The van der Waals surface area contributed by atoms with E-state index in [1.54, 1.807) is 11.8 Å². The Balaban J connectivity index is 1.55. The van der Waals surface area contributed by atoms with Gasteiger partial charge in [0.05, 0.1) is 17.4 Å². The Hall–Kier alpha value is -3.20. The van der Waals surface area contributed by atoms with Crippen LogP contribution in [0.3, 0.4) is 0 Å². The highest BCUT2D eigenvalue weighted by Gasteiger charge is 2.41. The molecule has 0 unspecified atom stereocenters. The van der Waals surface area contributed by atoms with Crippen LogP contribution in [0.5, 0.6) is 0 Å². The summed E-state index contributed by atoms with van der Waals surface area (Å²) in [6.07, 6.45) is -6.94. The first kappa shape index (κ1) is 35.7. The van der Waals surface area contributed by atoms with E-state index in [-0.39, 0.29) is 49.0 Å². The molecule has 2 amide bonds. The highest BCUT2D eigenvalue weighted by atomic mass is 32.2. The first-order chi connectivity index (χ1) is 21.2. The Labute approximate surface area is 263 Å². The third kappa shape index (κ3) is 8.78. The second-order valence-electron chi connectivity index (χ2n) is 12.3. The number of alkyl halides is 6. The number of piperidine rings is 1. The highest BCUT2D eigenvalue weighted by Crippen LogP contribution is 2.39. The van der Waals surface area contributed by atoms with Crippen molar-refractivity contribution in [3.63, 3.8) is 0 Å². The maximum absolute atomic E-state index is 14.0. The molecule has 2 atom stereocenters. The summed E-state index contributed by atoms with van der Waals surface area (Å²) in [5.74, 6) is -2.95. The molecule has 0 aromatic heterocycles. The number of aryl methyl sites for hydroxylation is 1. The van der Waals surface area contributed by atoms with Crippen LogP contribution in [0.2, 0.25) is 0 Å². The van der Waals surface area contributed by atoms with Crippen molar-refractivity contribution < 1.29 is 48.7 Å². The summed E-state index contributed by atoms with van der Waals surface area (Å²) in [4.78, 5) is 30.1. The van der Waals surface area contributed by atoms with Gasteiger partial charge in [-0.1, -0.05) is 6.07 Å². The van der Waals surface area contributed by atoms with E-state index in [1.807, 2.05) is 0 Å². The van der Waals surface area contributed by atoms with Crippen molar-refractivity contribution in [2.24, 2.45) is 11.8 Å². The van der Waals surface area contributed by atoms with Gasteiger partial charge >= 0.3 is 12.4 Å². The van der Waals surface area contributed by atoms with Crippen molar-refractivity contribution in [1.29, 1.82) is 0 Å². The van der Waals surface area contributed by atoms with Gasteiger partial charge < -0.3 is 9.80 Å². The van der Waals surface area contributed by atoms with Crippen LogP contribution in [0.25, 0.3) is 0 Å². The third-order valence-electron chi connectivity index (χ3n) is 8.77. The zero-order valence-electron chi connectivity index (χ0n) is 25.5. The van der Waals surface area contributed by atoms with Crippen molar-refractivity contribution in [1.82, 2.24) is 14.5 Å². The maximum atomic E-state index is 14.0. The molecule has 4 rings (SSSR count). The van der Waals surface area contributed by atoms with E-state index in [4.69, 9.17) is 0 Å². The topological polar surface area (TPSA) is 86.8 Å². The van der Waals surface area contributed by atoms with Gasteiger partial charge in [0.15, 0.2) is 0 Å². The summed E-state index contributed by atoms with van der Waals surface area (Å²) >= 11 is 0. The monoisotopic (exact) mass is 679 g/mol. The highest BCUT2D eigenvalue weighted by molar-refractivity contribution is 7.88. The van der Waals surface area contributed by atoms with E-state index in [9.17, 15) is 48.7 Å². The molecule has 2 aromatic rings. The minimum atomic E-state index is -5.04. The fourth-order valence-corrected chi connectivity index (χ4v) is 7.42. The number of nitrogens with one attached hydrogen (secondary N) is 1. The number of benzene rings is 2. The van der Waals surface area contributed by atoms with E-state index in [2.05, 4.69) is 4.72 Å². The van der Waals surface area contributed by atoms with Gasteiger partial charge in [-0.05, 0) is 86.1 Å². The fourth-order valence-electron chi connectivity index (χ4n) is 6.58. The molecule has 254 valence electrons. The van der Waals surface area contributed by atoms with Crippen LogP contribution in [-0.4, -0.2) is 62.5 Å². The van der Waals surface area contributed by atoms with Crippen molar-refractivity contribution in [3.05, 3.63) is 70.0 Å². The van der Waals surface area contributed by atoms with Gasteiger partial charge in [-0.25, -0.2) is 17.5 Å². The second kappa shape index (κ2) is 13.5. The normalized spacial score (nSPS) is 22.9. The lowest BCUT2D eigenvalue weighted by Gasteiger charge is -2.42. The van der Waals surface area contributed by atoms with Crippen molar-refractivity contribution in [2.75, 3.05) is 26.4 Å². The van der Waals surface area contributed by atoms with Gasteiger partial charge in [-0.3, -0.25) is 9.59 Å². The lowest BCUT2D eigenvalue weighted by Crippen LogP contribution is -2.50. The van der Waals surface area contributed by atoms with Crippen LogP contribution in [0, 0.1) is 24.6 Å². The summed E-state index contributed by atoms with van der Waals surface area (Å²) in [7, 11) is -2.10. The third-order valence-corrected chi connectivity index (χ3v) is 9.54. The SMILES string of the molecule is Cc1cc(F)ccc1[C@@H]1CN(C(=O)[C@H]2CC[C@H](NS(C)(=O)=O)CC2)CC[C@H]1C(=O)N(C)Cc1cc(C(F)(F)F)cc(C(F)(F)F)c1. The summed E-state index contributed by atoms with van der Waals surface area (Å²) in [5, 5.41) is 0. The number of hydrogen-bond acceptors (Lipinski definition) is 4. The molecule has 1 aliphatic heterocycles. The zero-order valence-corrected chi connectivity index (χ0v) is 26.3. The number of rotatable bonds is 7. The molecule has 7 nitrogen and oxygen atoms in total. The molecule has 2 fully saturated rings. The van der Waals surface area contributed by atoms with Crippen molar-refractivity contribution in [3.8, 4) is 0 Å². The van der Waals surface area contributed by atoms with Gasteiger partial charge in [0, 0.05) is 50.5 Å². The van der Waals surface area contributed by atoms with Gasteiger partial charge in [0.1, 0.15) is 5.82 Å². The van der Waals surface area contributed by atoms with Crippen LogP contribution in [-0.2, 0) is 38.5 Å². The molecule has 46 heavy (non-hydrogen) atoms. The number of sulfonamides is 1. The van der Waals surface area contributed by atoms with Gasteiger partial charge in [0.25, 0.3) is 0 Å². The minimum absolute atomic E-state index is 0.0278. The zero-order chi connectivity index (χ0) is 34.2. The number of halogens is 7. The van der Waals surface area contributed by atoms with E-state index in [0.29, 0.717) is 48.9 Å². The molecular formula is C31H36F7N3O4S.